The molecule has 0 spiro atoms. The first-order chi connectivity index (χ1) is 12.8. The zero-order valence-corrected chi connectivity index (χ0v) is 16.6. The number of benzene rings is 2. The highest BCUT2D eigenvalue weighted by molar-refractivity contribution is 7.89. The normalized spacial score (nSPS) is 12.3. The van der Waals surface area contributed by atoms with Gasteiger partial charge in [0, 0.05) is 18.2 Å². The minimum atomic E-state index is -3.92. The largest absolute Gasteiger partial charge is 0.497 e. The van der Waals surface area contributed by atoms with Crippen LogP contribution in [0.2, 0.25) is 0 Å². The molecule has 0 heterocycles. The van der Waals surface area contributed by atoms with E-state index < -0.39 is 16.1 Å². The summed E-state index contributed by atoms with van der Waals surface area (Å²) in [6, 6.07) is 10.9. The Hall–Kier alpha value is -2.58. The molecule has 8 heteroatoms. The number of hydrogen-bond donors (Lipinski definition) is 2. The number of rotatable bonds is 8. The Balaban J connectivity index is 2.33. The molecule has 0 radical (unpaired) electrons. The summed E-state index contributed by atoms with van der Waals surface area (Å²) >= 11 is 0. The Kier molecular flexibility index (Phi) is 6.81. The summed E-state index contributed by atoms with van der Waals surface area (Å²) in [4.78, 5) is 12.0. The lowest BCUT2D eigenvalue weighted by Gasteiger charge is -2.17. The maximum atomic E-state index is 12.9. The Morgan fingerprint density at radius 2 is 1.74 bits per heavy atom. The molecule has 0 saturated carbocycles. The van der Waals surface area contributed by atoms with Crippen LogP contribution in [-0.2, 0) is 10.0 Å². The maximum Gasteiger partial charge on any atom is 0.251 e. The zero-order chi connectivity index (χ0) is 20.0. The van der Waals surface area contributed by atoms with Crippen LogP contribution >= 0.6 is 0 Å². The number of sulfonamides is 1. The summed E-state index contributed by atoms with van der Waals surface area (Å²) in [7, 11) is -0.977. The van der Waals surface area contributed by atoms with Crippen LogP contribution in [0.25, 0.3) is 0 Å². The zero-order valence-electron chi connectivity index (χ0n) is 15.8. The minimum Gasteiger partial charge on any atom is -0.497 e. The summed E-state index contributed by atoms with van der Waals surface area (Å²) in [5.74, 6) is 0.502. The van der Waals surface area contributed by atoms with Crippen LogP contribution in [0.1, 0.15) is 35.8 Å². The molecular weight excluding hydrogens is 368 g/mol. The third-order valence-corrected chi connectivity index (χ3v) is 5.56. The Labute approximate surface area is 159 Å². The molecule has 2 aromatic carbocycles. The van der Waals surface area contributed by atoms with Crippen molar-refractivity contribution in [3.8, 4) is 11.5 Å². The topological polar surface area (TPSA) is 93.7 Å². The van der Waals surface area contributed by atoms with Gasteiger partial charge in [-0.25, -0.2) is 13.1 Å². The Morgan fingerprint density at radius 1 is 1.07 bits per heavy atom. The number of carbonyl (C=O) groups excluding carboxylic acids is 1. The molecule has 146 valence electrons. The minimum absolute atomic E-state index is 0.0888. The standard InChI is InChI=1S/C19H24N2O5S/c1-5-20-19(22)15-8-11-17(26-4)18(12-15)27(23,24)21-13(2)14-6-9-16(25-3)10-7-14/h6-13,21H,5H2,1-4H3,(H,20,22)/t13-/m0/s1. The molecule has 7 nitrogen and oxygen atoms in total. The maximum absolute atomic E-state index is 12.9. The molecule has 0 aliphatic heterocycles. The molecule has 0 aromatic heterocycles. The van der Waals surface area contributed by atoms with E-state index >= 15 is 0 Å². The number of methoxy groups -OCH3 is 2. The Bertz CT molecular complexity index is 895. The van der Waals surface area contributed by atoms with Crippen molar-refractivity contribution in [2.75, 3.05) is 20.8 Å². The average Bonchev–Trinajstić information content (AvgIpc) is 2.67. The molecule has 2 rings (SSSR count). The summed E-state index contributed by atoms with van der Waals surface area (Å²) < 4.78 is 38.7. The van der Waals surface area contributed by atoms with Crippen LogP contribution in [0.5, 0.6) is 11.5 Å². The van der Waals surface area contributed by atoms with Crippen molar-refractivity contribution >= 4 is 15.9 Å². The van der Waals surface area contributed by atoms with E-state index in [2.05, 4.69) is 10.0 Å². The molecule has 2 aromatic rings. The van der Waals surface area contributed by atoms with Crippen molar-refractivity contribution in [2.45, 2.75) is 24.8 Å². The van der Waals surface area contributed by atoms with Gasteiger partial charge in [0.05, 0.1) is 14.2 Å². The van der Waals surface area contributed by atoms with Crippen molar-refractivity contribution < 1.29 is 22.7 Å². The Morgan fingerprint density at radius 3 is 2.30 bits per heavy atom. The molecule has 2 N–H and O–H groups in total. The molecule has 0 aliphatic rings. The molecule has 1 atom stereocenters. The fourth-order valence-corrected chi connectivity index (χ4v) is 3.97. The van der Waals surface area contributed by atoms with E-state index in [9.17, 15) is 13.2 Å². The van der Waals surface area contributed by atoms with Gasteiger partial charge in [-0.1, -0.05) is 12.1 Å². The summed E-state index contributed by atoms with van der Waals surface area (Å²) in [6.45, 7) is 3.97. The number of hydrogen-bond acceptors (Lipinski definition) is 5. The van der Waals surface area contributed by atoms with Crippen molar-refractivity contribution in [2.24, 2.45) is 0 Å². The highest BCUT2D eigenvalue weighted by Crippen LogP contribution is 2.27. The summed E-state index contributed by atoms with van der Waals surface area (Å²) in [5, 5.41) is 2.65. The third-order valence-electron chi connectivity index (χ3n) is 4.00. The highest BCUT2D eigenvalue weighted by Gasteiger charge is 2.24. The smallest absolute Gasteiger partial charge is 0.251 e. The van der Waals surface area contributed by atoms with Gasteiger partial charge < -0.3 is 14.8 Å². The van der Waals surface area contributed by atoms with Gasteiger partial charge in [0.1, 0.15) is 16.4 Å². The number of amides is 1. The lowest BCUT2D eigenvalue weighted by atomic mass is 10.1. The molecule has 0 aliphatic carbocycles. The number of carbonyl (C=O) groups is 1. The fourth-order valence-electron chi connectivity index (χ4n) is 2.55. The summed E-state index contributed by atoms with van der Waals surface area (Å²) in [5.41, 5.74) is 1.02. The van der Waals surface area contributed by atoms with Gasteiger partial charge in [-0.15, -0.1) is 0 Å². The lowest BCUT2D eigenvalue weighted by molar-refractivity contribution is 0.0955. The quantitative estimate of drug-likeness (QED) is 0.720. The second kappa shape index (κ2) is 8.88. The van der Waals surface area contributed by atoms with Crippen LogP contribution < -0.4 is 19.5 Å². The summed E-state index contributed by atoms with van der Waals surface area (Å²) in [6.07, 6.45) is 0. The van der Waals surface area contributed by atoms with Crippen molar-refractivity contribution in [3.63, 3.8) is 0 Å². The van der Waals surface area contributed by atoms with Gasteiger partial charge in [-0.2, -0.15) is 0 Å². The predicted octanol–water partition coefficient (Wildman–Crippen LogP) is 2.49. The number of nitrogens with one attached hydrogen (secondary N) is 2. The first-order valence-electron chi connectivity index (χ1n) is 8.45. The molecule has 0 fully saturated rings. The SMILES string of the molecule is CCNC(=O)c1ccc(OC)c(S(=O)(=O)N[C@@H](C)c2ccc(OC)cc2)c1. The van der Waals surface area contributed by atoms with Crippen LogP contribution in [-0.4, -0.2) is 35.1 Å². The highest BCUT2D eigenvalue weighted by atomic mass is 32.2. The van der Waals surface area contributed by atoms with E-state index in [0.29, 0.717) is 12.3 Å². The van der Waals surface area contributed by atoms with Gasteiger partial charge in [-0.05, 0) is 49.7 Å². The van der Waals surface area contributed by atoms with Gasteiger partial charge >= 0.3 is 0 Å². The first kappa shape index (κ1) is 20.7. The lowest BCUT2D eigenvalue weighted by Crippen LogP contribution is -2.28. The van der Waals surface area contributed by atoms with Crippen LogP contribution in [0.15, 0.2) is 47.4 Å². The van der Waals surface area contributed by atoms with Gasteiger partial charge in [0.25, 0.3) is 5.91 Å². The van der Waals surface area contributed by atoms with Crippen molar-refractivity contribution in [1.82, 2.24) is 10.0 Å². The average molecular weight is 392 g/mol. The van der Waals surface area contributed by atoms with E-state index in [1.54, 1.807) is 45.2 Å². The predicted molar refractivity (Wildman–Crippen MR) is 103 cm³/mol. The molecule has 27 heavy (non-hydrogen) atoms. The second-order valence-corrected chi connectivity index (χ2v) is 7.52. The monoisotopic (exact) mass is 392 g/mol. The van der Waals surface area contributed by atoms with Crippen LogP contribution in [0.4, 0.5) is 0 Å². The van der Waals surface area contributed by atoms with Crippen LogP contribution in [0.3, 0.4) is 0 Å². The third kappa shape index (κ3) is 4.99. The van der Waals surface area contributed by atoms with Gasteiger partial charge in [-0.3, -0.25) is 4.79 Å². The first-order valence-corrected chi connectivity index (χ1v) is 9.93. The van der Waals surface area contributed by atoms with Gasteiger partial charge in [0.15, 0.2) is 0 Å². The fraction of sp³-hybridized carbons (Fsp3) is 0.316. The molecular formula is C19H24N2O5S. The molecule has 0 unspecified atom stereocenters. The van der Waals surface area contributed by atoms with Crippen molar-refractivity contribution in [1.29, 1.82) is 0 Å². The van der Waals surface area contributed by atoms with Crippen LogP contribution in [0, 0.1) is 0 Å². The second-order valence-electron chi connectivity index (χ2n) is 5.84. The van der Waals surface area contributed by atoms with E-state index in [-0.39, 0.29) is 22.1 Å². The number of ether oxygens (including phenoxy) is 2. The van der Waals surface area contributed by atoms with E-state index in [0.717, 1.165) is 5.56 Å². The van der Waals surface area contributed by atoms with Crippen molar-refractivity contribution in [3.05, 3.63) is 53.6 Å². The van der Waals surface area contributed by atoms with E-state index in [4.69, 9.17) is 9.47 Å². The van der Waals surface area contributed by atoms with E-state index in [1.165, 1.54) is 25.3 Å². The molecule has 0 bridgehead atoms. The van der Waals surface area contributed by atoms with E-state index in [1.807, 2.05) is 0 Å². The van der Waals surface area contributed by atoms with Gasteiger partial charge in [0.2, 0.25) is 10.0 Å². The molecule has 0 saturated heterocycles. The molecule has 1 amide bonds.